The van der Waals surface area contributed by atoms with Gasteiger partial charge in [-0.2, -0.15) is 0 Å². The van der Waals surface area contributed by atoms with E-state index in [1.165, 1.54) is 17.3 Å². The molecule has 0 amide bonds. The summed E-state index contributed by atoms with van der Waals surface area (Å²) < 4.78 is 0. The minimum atomic E-state index is -0.773. The first kappa shape index (κ1) is 10.1. The van der Waals surface area contributed by atoms with Crippen molar-refractivity contribution in [2.24, 2.45) is 0 Å². The zero-order chi connectivity index (χ0) is 9.84. The summed E-state index contributed by atoms with van der Waals surface area (Å²) in [7, 11) is 0. The number of thioether (sulfide) groups is 1. The van der Waals surface area contributed by atoms with Crippen LogP contribution in [0.1, 0.15) is 12.5 Å². The van der Waals surface area contributed by atoms with E-state index in [0.717, 1.165) is 4.90 Å². The fourth-order valence-corrected chi connectivity index (χ4v) is 1.67. The Bertz CT molecular complexity index is 292. The Morgan fingerprint density at radius 3 is 2.38 bits per heavy atom. The van der Waals surface area contributed by atoms with Crippen LogP contribution in [0.2, 0.25) is 0 Å². The molecule has 0 aromatic heterocycles. The van der Waals surface area contributed by atoms with Crippen molar-refractivity contribution in [2.45, 2.75) is 24.0 Å². The van der Waals surface area contributed by atoms with E-state index < -0.39 is 5.97 Å². The third kappa shape index (κ3) is 3.11. The van der Waals surface area contributed by atoms with Crippen molar-refractivity contribution in [2.75, 3.05) is 0 Å². The number of carboxylic acid groups (broad SMARTS) is 1. The van der Waals surface area contributed by atoms with Gasteiger partial charge < -0.3 is 5.11 Å². The van der Waals surface area contributed by atoms with E-state index >= 15 is 0 Å². The molecule has 1 aromatic carbocycles. The topological polar surface area (TPSA) is 37.3 Å². The van der Waals surface area contributed by atoms with Gasteiger partial charge in [0.1, 0.15) is 5.25 Å². The van der Waals surface area contributed by atoms with E-state index in [-0.39, 0.29) is 5.25 Å². The predicted octanol–water partition coefficient (Wildman–Crippen LogP) is 2.56. The van der Waals surface area contributed by atoms with Crippen LogP contribution in [0.25, 0.3) is 0 Å². The van der Waals surface area contributed by atoms with E-state index in [1.54, 1.807) is 6.92 Å². The Morgan fingerprint density at radius 1 is 1.38 bits per heavy atom. The summed E-state index contributed by atoms with van der Waals surface area (Å²) >= 11 is 1.36. The van der Waals surface area contributed by atoms with Gasteiger partial charge in [0.15, 0.2) is 0 Å². The predicted molar refractivity (Wildman–Crippen MR) is 54.1 cm³/mol. The number of aryl methyl sites for hydroxylation is 1. The highest BCUT2D eigenvalue weighted by Gasteiger charge is 2.11. The molecular formula is C10H12O2S. The van der Waals surface area contributed by atoms with Crippen LogP contribution in [0.5, 0.6) is 0 Å². The summed E-state index contributed by atoms with van der Waals surface area (Å²) in [6.45, 7) is 3.70. The Morgan fingerprint density at radius 2 is 1.92 bits per heavy atom. The second-order valence-corrected chi connectivity index (χ2v) is 4.33. The van der Waals surface area contributed by atoms with Gasteiger partial charge in [-0.05, 0) is 26.0 Å². The molecular weight excluding hydrogens is 184 g/mol. The molecule has 0 aliphatic carbocycles. The molecule has 3 heteroatoms. The molecule has 0 aliphatic heterocycles. The largest absolute Gasteiger partial charge is 0.480 e. The van der Waals surface area contributed by atoms with Crippen LogP contribution in [0.15, 0.2) is 29.2 Å². The first-order valence-electron chi connectivity index (χ1n) is 4.05. The van der Waals surface area contributed by atoms with E-state index in [9.17, 15) is 4.79 Å². The van der Waals surface area contributed by atoms with Crippen molar-refractivity contribution >= 4 is 17.7 Å². The van der Waals surface area contributed by atoms with Crippen LogP contribution < -0.4 is 0 Å². The lowest BCUT2D eigenvalue weighted by molar-refractivity contribution is -0.136. The average Bonchev–Trinajstić information content (AvgIpc) is 2.08. The van der Waals surface area contributed by atoms with Gasteiger partial charge in [-0.3, -0.25) is 4.79 Å². The lowest BCUT2D eigenvalue weighted by atomic mass is 10.2. The van der Waals surface area contributed by atoms with Crippen molar-refractivity contribution in [3.8, 4) is 0 Å². The van der Waals surface area contributed by atoms with Gasteiger partial charge in [0.2, 0.25) is 0 Å². The molecule has 0 fully saturated rings. The number of rotatable bonds is 3. The summed E-state index contributed by atoms with van der Waals surface area (Å²) in [6.07, 6.45) is 0. The van der Waals surface area contributed by atoms with Crippen LogP contribution in [-0.2, 0) is 4.79 Å². The Kier molecular flexibility index (Phi) is 3.37. The SMILES string of the molecule is Cc1ccc(S[C@@H](C)C(=O)O)cc1. The van der Waals surface area contributed by atoms with Crippen molar-refractivity contribution in [1.29, 1.82) is 0 Å². The van der Waals surface area contributed by atoms with Crippen LogP contribution >= 0.6 is 11.8 Å². The Balaban J connectivity index is 2.64. The van der Waals surface area contributed by atoms with Gasteiger partial charge >= 0.3 is 5.97 Å². The Hall–Kier alpha value is -0.960. The minimum Gasteiger partial charge on any atom is -0.480 e. The molecule has 0 aliphatic rings. The second-order valence-electron chi connectivity index (χ2n) is 2.91. The van der Waals surface area contributed by atoms with Gasteiger partial charge in [0, 0.05) is 4.90 Å². The molecule has 1 rings (SSSR count). The molecule has 0 unspecified atom stereocenters. The number of hydrogen-bond acceptors (Lipinski definition) is 2. The normalized spacial score (nSPS) is 12.5. The maximum atomic E-state index is 10.5. The third-order valence-corrected chi connectivity index (χ3v) is 2.78. The molecule has 1 N–H and O–H groups in total. The van der Waals surface area contributed by atoms with Crippen LogP contribution in [-0.4, -0.2) is 16.3 Å². The van der Waals surface area contributed by atoms with Crippen LogP contribution in [0, 0.1) is 6.92 Å². The van der Waals surface area contributed by atoms with Crippen molar-refractivity contribution < 1.29 is 9.90 Å². The average molecular weight is 196 g/mol. The molecule has 0 radical (unpaired) electrons. The molecule has 70 valence electrons. The second kappa shape index (κ2) is 4.33. The first-order chi connectivity index (χ1) is 6.09. The smallest absolute Gasteiger partial charge is 0.316 e. The number of hydrogen-bond donors (Lipinski definition) is 1. The van der Waals surface area contributed by atoms with Gasteiger partial charge in [0.05, 0.1) is 0 Å². The van der Waals surface area contributed by atoms with Gasteiger partial charge in [-0.15, -0.1) is 11.8 Å². The summed E-state index contributed by atoms with van der Waals surface area (Å²) in [5.41, 5.74) is 1.19. The highest BCUT2D eigenvalue weighted by atomic mass is 32.2. The van der Waals surface area contributed by atoms with E-state index in [2.05, 4.69) is 0 Å². The number of carboxylic acids is 1. The summed E-state index contributed by atoms with van der Waals surface area (Å²) in [5, 5.41) is 8.29. The quantitative estimate of drug-likeness (QED) is 0.755. The fraction of sp³-hybridized carbons (Fsp3) is 0.300. The molecule has 1 aromatic rings. The van der Waals surface area contributed by atoms with E-state index in [0.29, 0.717) is 0 Å². The monoisotopic (exact) mass is 196 g/mol. The van der Waals surface area contributed by atoms with Gasteiger partial charge in [0.25, 0.3) is 0 Å². The maximum absolute atomic E-state index is 10.5. The zero-order valence-electron chi connectivity index (χ0n) is 7.65. The molecule has 2 nitrogen and oxygen atoms in total. The molecule has 13 heavy (non-hydrogen) atoms. The molecule has 1 atom stereocenters. The highest BCUT2D eigenvalue weighted by molar-refractivity contribution is 8.00. The highest BCUT2D eigenvalue weighted by Crippen LogP contribution is 2.23. The van der Waals surface area contributed by atoms with Crippen LogP contribution in [0.4, 0.5) is 0 Å². The summed E-state index contributed by atoms with van der Waals surface area (Å²) in [5.74, 6) is -0.773. The van der Waals surface area contributed by atoms with E-state index in [4.69, 9.17) is 5.11 Å². The van der Waals surface area contributed by atoms with Crippen LogP contribution in [0.3, 0.4) is 0 Å². The molecule has 0 bridgehead atoms. The zero-order valence-corrected chi connectivity index (χ0v) is 8.47. The first-order valence-corrected chi connectivity index (χ1v) is 4.93. The molecule has 0 heterocycles. The number of carbonyl (C=O) groups is 1. The third-order valence-electron chi connectivity index (χ3n) is 1.68. The molecule has 0 spiro atoms. The molecule has 0 saturated heterocycles. The molecule has 0 saturated carbocycles. The van der Waals surface area contributed by atoms with Gasteiger partial charge in [-0.25, -0.2) is 0 Å². The Labute approximate surface area is 82.0 Å². The lowest BCUT2D eigenvalue weighted by Gasteiger charge is -2.05. The standard InChI is InChI=1S/C10H12O2S/c1-7-3-5-9(6-4-7)13-8(2)10(11)12/h3-6,8H,1-2H3,(H,11,12)/t8-/m0/s1. The lowest BCUT2D eigenvalue weighted by Crippen LogP contribution is -2.10. The maximum Gasteiger partial charge on any atom is 0.316 e. The van der Waals surface area contributed by atoms with Crippen molar-refractivity contribution in [3.05, 3.63) is 29.8 Å². The van der Waals surface area contributed by atoms with E-state index in [1.807, 2.05) is 31.2 Å². The summed E-state index contributed by atoms with van der Waals surface area (Å²) in [4.78, 5) is 11.6. The fourth-order valence-electron chi connectivity index (χ4n) is 0.871. The van der Waals surface area contributed by atoms with Gasteiger partial charge in [-0.1, -0.05) is 17.7 Å². The van der Waals surface area contributed by atoms with Crippen molar-refractivity contribution in [1.82, 2.24) is 0 Å². The minimum absolute atomic E-state index is 0.386. The number of benzene rings is 1. The summed E-state index contributed by atoms with van der Waals surface area (Å²) in [6, 6.07) is 7.85. The number of aliphatic carboxylic acids is 1. The van der Waals surface area contributed by atoms with Crippen molar-refractivity contribution in [3.63, 3.8) is 0 Å².